The van der Waals surface area contributed by atoms with Gasteiger partial charge in [-0.15, -0.1) is 0 Å². The van der Waals surface area contributed by atoms with Gasteiger partial charge >= 0.3 is 0 Å². The van der Waals surface area contributed by atoms with Crippen LogP contribution in [0.15, 0.2) is 0 Å². The first-order valence-electron chi connectivity index (χ1n) is 2.17. The predicted octanol–water partition coefficient (Wildman–Crippen LogP) is 0.855. The van der Waals surface area contributed by atoms with Crippen molar-refractivity contribution in [3.05, 3.63) is 5.82 Å². The fraction of sp³-hybridized carbons (Fsp3) is 0.500. The minimum atomic E-state index is 0.627. The Hall–Kier alpha value is -0.640. The maximum atomic E-state index is 4.78. The molecule has 4 heteroatoms. The van der Waals surface area contributed by atoms with Crippen molar-refractivity contribution in [2.24, 2.45) is 0 Å². The van der Waals surface area contributed by atoms with Crippen molar-refractivity contribution in [2.75, 3.05) is 7.11 Å². The Morgan fingerprint density at radius 2 is 2.38 bits per heavy atom. The molecule has 1 aromatic rings. The Morgan fingerprint density at radius 3 is 2.62 bits per heavy atom. The zero-order valence-electron chi connectivity index (χ0n) is 4.71. The number of methoxy groups -OCH3 is 1. The Bertz CT molecular complexity index is 174. The Kier molecular flexibility index (Phi) is 1.43. The number of aryl methyl sites for hydroxylation is 1. The molecule has 44 valence electrons. The molecule has 0 fully saturated rings. The normalized spacial score (nSPS) is 9.25. The molecule has 0 aromatic carbocycles. The van der Waals surface area contributed by atoms with Crippen molar-refractivity contribution in [1.82, 2.24) is 9.36 Å². The minimum absolute atomic E-state index is 0.627. The number of rotatable bonds is 1. The van der Waals surface area contributed by atoms with Crippen molar-refractivity contribution in [3.8, 4) is 5.19 Å². The topological polar surface area (TPSA) is 35.0 Å². The van der Waals surface area contributed by atoms with Crippen LogP contribution in [-0.2, 0) is 0 Å². The molecule has 0 spiro atoms. The summed E-state index contributed by atoms with van der Waals surface area (Å²) in [5.74, 6) is 0.770. The summed E-state index contributed by atoms with van der Waals surface area (Å²) in [6, 6.07) is 0. The van der Waals surface area contributed by atoms with Crippen LogP contribution < -0.4 is 4.74 Å². The van der Waals surface area contributed by atoms with Crippen molar-refractivity contribution < 1.29 is 4.74 Å². The van der Waals surface area contributed by atoms with Crippen LogP contribution in [0, 0.1) is 6.92 Å². The summed E-state index contributed by atoms with van der Waals surface area (Å²) in [4.78, 5) is 3.91. The van der Waals surface area contributed by atoms with Crippen molar-refractivity contribution in [1.29, 1.82) is 0 Å². The highest BCUT2D eigenvalue weighted by atomic mass is 32.1. The summed E-state index contributed by atoms with van der Waals surface area (Å²) in [5.41, 5.74) is 0. The molecule has 0 saturated carbocycles. The van der Waals surface area contributed by atoms with E-state index in [9.17, 15) is 0 Å². The zero-order chi connectivity index (χ0) is 5.98. The van der Waals surface area contributed by atoms with Gasteiger partial charge in [-0.2, -0.15) is 9.36 Å². The van der Waals surface area contributed by atoms with Crippen molar-refractivity contribution >= 4 is 11.5 Å². The smallest absolute Gasteiger partial charge is 0.292 e. The standard InChI is InChI=1S/C4H6N2OS/c1-3-5-4(7-2)8-6-3/h1-2H3. The third kappa shape index (κ3) is 0.949. The van der Waals surface area contributed by atoms with Crippen LogP contribution in [0.5, 0.6) is 5.19 Å². The molecule has 0 saturated heterocycles. The maximum Gasteiger partial charge on any atom is 0.292 e. The molecule has 0 aliphatic carbocycles. The van der Waals surface area contributed by atoms with Crippen LogP contribution in [0.1, 0.15) is 5.82 Å². The van der Waals surface area contributed by atoms with Crippen LogP contribution in [0.3, 0.4) is 0 Å². The number of hydrogen-bond donors (Lipinski definition) is 0. The quantitative estimate of drug-likeness (QED) is 0.565. The number of ether oxygens (including phenoxy) is 1. The molecule has 8 heavy (non-hydrogen) atoms. The second kappa shape index (κ2) is 2.09. The van der Waals surface area contributed by atoms with Crippen molar-refractivity contribution in [3.63, 3.8) is 0 Å². The van der Waals surface area contributed by atoms with E-state index in [4.69, 9.17) is 4.74 Å². The second-order valence-corrected chi connectivity index (χ2v) is 2.03. The summed E-state index contributed by atoms with van der Waals surface area (Å²) >= 11 is 1.27. The maximum absolute atomic E-state index is 4.78. The van der Waals surface area contributed by atoms with Gasteiger partial charge in [0.1, 0.15) is 5.82 Å². The molecule has 0 bridgehead atoms. The van der Waals surface area contributed by atoms with E-state index < -0.39 is 0 Å². The Balaban J connectivity index is 2.84. The van der Waals surface area contributed by atoms with Gasteiger partial charge in [-0.1, -0.05) is 0 Å². The fourth-order valence-electron chi connectivity index (χ4n) is 0.361. The summed E-state index contributed by atoms with van der Waals surface area (Å²) in [6.45, 7) is 1.83. The zero-order valence-corrected chi connectivity index (χ0v) is 5.53. The van der Waals surface area contributed by atoms with E-state index in [2.05, 4.69) is 9.36 Å². The first-order chi connectivity index (χ1) is 3.83. The second-order valence-electron chi connectivity index (χ2n) is 1.31. The monoisotopic (exact) mass is 130 g/mol. The highest BCUT2D eigenvalue weighted by molar-refractivity contribution is 7.07. The van der Waals surface area contributed by atoms with Gasteiger partial charge in [0, 0.05) is 11.5 Å². The lowest BCUT2D eigenvalue weighted by atomic mass is 10.8. The summed E-state index contributed by atoms with van der Waals surface area (Å²) < 4.78 is 8.67. The molecule has 0 atom stereocenters. The fourth-order valence-corrected chi connectivity index (χ4v) is 0.859. The Morgan fingerprint density at radius 1 is 1.62 bits per heavy atom. The largest absolute Gasteiger partial charge is 0.472 e. The van der Waals surface area contributed by atoms with Crippen molar-refractivity contribution in [2.45, 2.75) is 6.92 Å². The minimum Gasteiger partial charge on any atom is -0.472 e. The van der Waals surface area contributed by atoms with Crippen LogP contribution in [-0.4, -0.2) is 16.5 Å². The molecule has 0 N–H and O–H groups in total. The third-order valence-corrected chi connectivity index (χ3v) is 1.45. The third-order valence-electron chi connectivity index (χ3n) is 0.684. The van der Waals surface area contributed by atoms with E-state index >= 15 is 0 Å². The van der Waals surface area contributed by atoms with Gasteiger partial charge < -0.3 is 4.74 Å². The molecule has 3 nitrogen and oxygen atoms in total. The molecule has 1 rings (SSSR count). The van der Waals surface area contributed by atoms with Gasteiger partial charge in [0.2, 0.25) is 0 Å². The van der Waals surface area contributed by atoms with Gasteiger partial charge in [0.15, 0.2) is 0 Å². The van der Waals surface area contributed by atoms with Gasteiger partial charge in [0.25, 0.3) is 5.19 Å². The predicted molar refractivity (Wildman–Crippen MR) is 31.2 cm³/mol. The van der Waals surface area contributed by atoms with E-state index in [1.54, 1.807) is 7.11 Å². The van der Waals surface area contributed by atoms with Gasteiger partial charge in [-0.3, -0.25) is 0 Å². The average molecular weight is 130 g/mol. The van der Waals surface area contributed by atoms with E-state index in [-0.39, 0.29) is 0 Å². The first kappa shape index (κ1) is 5.50. The summed E-state index contributed by atoms with van der Waals surface area (Å²) in [6.07, 6.45) is 0. The molecule has 0 aliphatic rings. The molecule has 0 aliphatic heterocycles. The van der Waals surface area contributed by atoms with Crippen LogP contribution in [0.25, 0.3) is 0 Å². The lowest BCUT2D eigenvalue weighted by Crippen LogP contribution is -1.79. The van der Waals surface area contributed by atoms with Crippen LogP contribution in [0.4, 0.5) is 0 Å². The molecular weight excluding hydrogens is 124 g/mol. The molecule has 0 amide bonds. The molecule has 0 unspecified atom stereocenters. The number of aromatic nitrogens is 2. The summed E-state index contributed by atoms with van der Waals surface area (Å²) in [7, 11) is 1.58. The van der Waals surface area contributed by atoms with Crippen LogP contribution in [0.2, 0.25) is 0 Å². The van der Waals surface area contributed by atoms with Gasteiger partial charge in [-0.25, -0.2) is 0 Å². The highest BCUT2D eigenvalue weighted by Gasteiger charge is 1.94. The molecule has 1 aromatic heterocycles. The highest BCUT2D eigenvalue weighted by Crippen LogP contribution is 2.10. The average Bonchev–Trinajstić information content (AvgIpc) is 2.14. The van der Waals surface area contributed by atoms with Gasteiger partial charge in [-0.05, 0) is 6.92 Å². The lowest BCUT2D eigenvalue weighted by Gasteiger charge is -1.83. The first-order valence-corrected chi connectivity index (χ1v) is 2.94. The molecular formula is C4H6N2OS. The van der Waals surface area contributed by atoms with Gasteiger partial charge in [0.05, 0.1) is 7.11 Å². The lowest BCUT2D eigenvalue weighted by molar-refractivity contribution is 0.411. The van der Waals surface area contributed by atoms with E-state index in [1.165, 1.54) is 11.5 Å². The number of hydrogen-bond acceptors (Lipinski definition) is 4. The molecule has 0 radical (unpaired) electrons. The Labute approximate surface area is 51.5 Å². The van der Waals surface area contributed by atoms with E-state index in [0.717, 1.165) is 5.82 Å². The van der Waals surface area contributed by atoms with E-state index in [0.29, 0.717) is 5.19 Å². The van der Waals surface area contributed by atoms with E-state index in [1.807, 2.05) is 6.92 Å². The number of nitrogens with zero attached hydrogens (tertiary/aromatic N) is 2. The van der Waals surface area contributed by atoms with Crippen LogP contribution >= 0.6 is 11.5 Å². The molecule has 1 heterocycles. The SMILES string of the molecule is COc1nc(C)ns1. The summed E-state index contributed by atoms with van der Waals surface area (Å²) in [5, 5.41) is 0.627.